The molecule has 9 heteroatoms. The fourth-order valence-corrected chi connectivity index (χ4v) is 6.79. The van der Waals surface area contributed by atoms with Gasteiger partial charge >= 0.3 is 7.60 Å². The average molecular weight is 410 g/mol. The average Bonchev–Trinajstić information content (AvgIpc) is 2.50. The van der Waals surface area contributed by atoms with Gasteiger partial charge in [-0.3, -0.25) is 8.75 Å². The molecule has 0 aromatic heterocycles. The Morgan fingerprint density at radius 3 is 2.12 bits per heavy atom. The van der Waals surface area contributed by atoms with E-state index in [2.05, 4.69) is 0 Å². The van der Waals surface area contributed by atoms with Crippen LogP contribution >= 0.6 is 19.4 Å². The third-order valence-electron chi connectivity index (χ3n) is 3.02. The van der Waals surface area contributed by atoms with Crippen LogP contribution in [0.25, 0.3) is 0 Å². The van der Waals surface area contributed by atoms with Crippen LogP contribution in [0.4, 0.5) is 0 Å². The van der Waals surface area contributed by atoms with Gasteiger partial charge in [-0.05, 0) is 52.0 Å². The molecular formula is C16H27O6PS2. The van der Waals surface area contributed by atoms with Gasteiger partial charge in [-0.1, -0.05) is 19.1 Å². The first-order valence-electron chi connectivity index (χ1n) is 8.05. The first-order valence-corrected chi connectivity index (χ1v) is 12.4. The summed E-state index contributed by atoms with van der Waals surface area (Å²) >= 11 is 1.32. The zero-order valence-electron chi connectivity index (χ0n) is 15.5. The lowest BCUT2D eigenvalue weighted by Gasteiger charge is -2.22. The van der Waals surface area contributed by atoms with Crippen LogP contribution in [0, 0.1) is 0 Å². The van der Waals surface area contributed by atoms with Crippen molar-refractivity contribution in [1.29, 1.82) is 0 Å². The molecule has 0 spiro atoms. The summed E-state index contributed by atoms with van der Waals surface area (Å²) in [5, 5.41) is 0. The third-order valence-corrected chi connectivity index (χ3v) is 7.45. The minimum atomic E-state index is -4.10. The normalized spacial score (nSPS) is 13.0. The Balaban J connectivity index is 3.14. The highest BCUT2D eigenvalue weighted by molar-refractivity contribution is 7.99. The highest BCUT2D eigenvalue weighted by Crippen LogP contribution is 2.51. The molecule has 0 fully saturated rings. The van der Waals surface area contributed by atoms with Crippen molar-refractivity contribution >= 4 is 29.5 Å². The van der Waals surface area contributed by atoms with Crippen molar-refractivity contribution in [3.8, 4) is 0 Å². The number of hydrogen-bond acceptors (Lipinski definition) is 7. The Morgan fingerprint density at radius 1 is 1.12 bits per heavy atom. The number of rotatable bonds is 10. The summed E-state index contributed by atoms with van der Waals surface area (Å²) in [5.41, 5.74) is 0.649. The number of thioether (sulfide) groups is 1. The predicted octanol–water partition coefficient (Wildman–Crippen LogP) is 4.68. The van der Waals surface area contributed by atoms with Crippen molar-refractivity contribution in [2.24, 2.45) is 0 Å². The SMILES string of the molecule is CCc1cccc(SC)c1S(=O)(=O)OCP(=O)(OC(C)C)OC(C)C. The summed E-state index contributed by atoms with van der Waals surface area (Å²) in [6.07, 6.45) is 0.899. The fourth-order valence-electron chi connectivity index (χ4n) is 2.21. The van der Waals surface area contributed by atoms with Crippen LogP contribution in [0.15, 0.2) is 28.0 Å². The Labute approximate surface area is 155 Å². The molecule has 0 atom stereocenters. The second kappa shape index (κ2) is 9.53. The molecule has 0 aliphatic rings. The van der Waals surface area contributed by atoms with Gasteiger partial charge in [-0.25, -0.2) is 0 Å². The summed E-state index contributed by atoms with van der Waals surface area (Å²) in [7, 11) is -7.81. The number of benzene rings is 1. The highest BCUT2D eigenvalue weighted by Gasteiger charge is 2.33. The second-order valence-electron chi connectivity index (χ2n) is 5.92. The molecule has 6 nitrogen and oxygen atoms in total. The molecule has 1 aromatic rings. The van der Waals surface area contributed by atoms with E-state index in [-0.39, 0.29) is 17.1 Å². The molecule has 0 saturated carbocycles. The van der Waals surface area contributed by atoms with Gasteiger partial charge in [0.15, 0.2) is 6.35 Å². The summed E-state index contributed by atoms with van der Waals surface area (Å²) < 4.78 is 54.0. The van der Waals surface area contributed by atoms with Gasteiger partial charge in [0.25, 0.3) is 10.1 Å². The molecule has 25 heavy (non-hydrogen) atoms. The van der Waals surface area contributed by atoms with Gasteiger partial charge in [0, 0.05) is 4.90 Å². The number of hydrogen-bond donors (Lipinski definition) is 0. The first kappa shape index (κ1) is 22.7. The smallest absolute Gasteiger partial charge is 0.304 e. The highest BCUT2D eigenvalue weighted by atomic mass is 32.2. The molecule has 0 aliphatic carbocycles. The molecule has 0 N–H and O–H groups in total. The lowest BCUT2D eigenvalue weighted by molar-refractivity contribution is 0.129. The summed E-state index contributed by atoms with van der Waals surface area (Å²) in [4.78, 5) is 0.703. The monoisotopic (exact) mass is 410 g/mol. The minimum Gasteiger partial charge on any atom is -0.304 e. The van der Waals surface area contributed by atoms with Gasteiger partial charge < -0.3 is 9.05 Å². The number of aryl methyl sites for hydroxylation is 1. The summed E-state index contributed by atoms with van der Waals surface area (Å²) in [5.74, 6) is 0. The maximum absolute atomic E-state index is 12.8. The van der Waals surface area contributed by atoms with E-state index in [1.54, 1.807) is 52.1 Å². The molecule has 0 amide bonds. The summed E-state index contributed by atoms with van der Waals surface area (Å²) in [6.45, 7) is 8.66. The lowest BCUT2D eigenvalue weighted by Crippen LogP contribution is -2.16. The topological polar surface area (TPSA) is 78.9 Å². The molecular weight excluding hydrogens is 383 g/mol. The molecule has 144 valence electrons. The quantitative estimate of drug-likeness (QED) is 0.315. The standard InChI is InChI=1S/C16H27O6PS2/c1-7-14-9-8-10-15(24-6)16(14)25(18,19)20-11-23(17,21-12(2)3)22-13(4)5/h8-10,12-13H,7,11H2,1-6H3. The van der Waals surface area contributed by atoms with Crippen molar-refractivity contribution in [2.45, 2.75) is 63.0 Å². The largest absolute Gasteiger partial charge is 0.358 e. The molecule has 0 unspecified atom stereocenters. The fraction of sp³-hybridized carbons (Fsp3) is 0.625. The van der Waals surface area contributed by atoms with E-state index in [4.69, 9.17) is 13.2 Å². The van der Waals surface area contributed by atoms with Gasteiger partial charge in [0.1, 0.15) is 4.90 Å². The van der Waals surface area contributed by atoms with Crippen LogP contribution in [-0.2, 0) is 34.3 Å². The minimum absolute atomic E-state index is 0.116. The van der Waals surface area contributed by atoms with E-state index in [9.17, 15) is 13.0 Å². The van der Waals surface area contributed by atoms with Crippen LogP contribution in [0.2, 0.25) is 0 Å². The molecule has 1 aromatic carbocycles. The maximum atomic E-state index is 12.8. The van der Waals surface area contributed by atoms with Crippen LogP contribution in [-0.4, -0.2) is 33.2 Å². The maximum Gasteiger partial charge on any atom is 0.358 e. The van der Waals surface area contributed by atoms with Gasteiger partial charge in [0.2, 0.25) is 0 Å². The van der Waals surface area contributed by atoms with Crippen molar-refractivity contribution in [1.82, 2.24) is 0 Å². The van der Waals surface area contributed by atoms with Crippen molar-refractivity contribution in [2.75, 3.05) is 12.6 Å². The Hall–Kier alpha value is -0.370. The van der Waals surface area contributed by atoms with Crippen molar-refractivity contribution in [3.63, 3.8) is 0 Å². The van der Waals surface area contributed by atoms with Crippen LogP contribution in [0.3, 0.4) is 0 Å². The van der Waals surface area contributed by atoms with E-state index in [1.165, 1.54) is 11.8 Å². The van der Waals surface area contributed by atoms with Gasteiger partial charge in [-0.15, -0.1) is 11.8 Å². The molecule has 1 rings (SSSR count). The zero-order chi connectivity index (χ0) is 19.3. The zero-order valence-corrected chi connectivity index (χ0v) is 18.0. The Morgan fingerprint density at radius 2 is 1.68 bits per heavy atom. The second-order valence-corrected chi connectivity index (χ2v) is 10.2. The van der Waals surface area contributed by atoms with E-state index >= 15 is 0 Å². The third kappa shape index (κ3) is 6.70. The van der Waals surface area contributed by atoms with Gasteiger partial charge in [-0.2, -0.15) is 8.42 Å². The first-order chi connectivity index (χ1) is 11.5. The Kier molecular flexibility index (Phi) is 8.64. The van der Waals surface area contributed by atoms with E-state index in [0.717, 1.165) is 0 Å². The van der Waals surface area contributed by atoms with Crippen LogP contribution in [0.5, 0.6) is 0 Å². The molecule has 0 bridgehead atoms. The van der Waals surface area contributed by atoms with Crippen molar-refractivity contribution in [3.05, 3.63) is 23.8 Å². The molecule has 0 heterocycles. The molecule has 0 radical (unpaired) electrons. The van der Waals surface area contributed by atoms with Crippen LogP contribution in [0.1, 0.15) is 40.2 Å². The predicted molar refractivity (Wildman–Crippen MR) is 101 cm³/mol. The molecule has 0 aliphatic heterocycles. The molecule has 0 saturated heterocycles. The van der Waals surface area contributed by atoms with E-state index < -0.39 is 24.1 Å². The van der Waals surface area contributed by atoms with Gasteiger partial charge in [0.05, 0.1) is 12.2 Å². The lowest BCUT2D eigenvalue weighted by atomic mass is 10.2. The van der Waals surface area contributed by atoms with Crippen molar-refractivity contribution < 1.29 is 26.2 Å². The summed E-state index contributed by atoms with van der Waals surface area (Å²) in [6, 6.07) is 5.26. The van der Waals surface area contributed by atoms with Crippen LogP contribution < -0.4 is 0 Å². The van der Waals surface area contributed by atoms with E-state index in [1.807, 2.05) is 6.92 Å². The van der Waals surface area contributed by atoms with E-state index in [0.29, 0.717) is 16.9 Å². The Bertz CT molecular complexity index is 679.